The zero-order valence-electron chi connectivity index (χ0n) is 20.3. The number of unbranched alkanes of at least 4 members (excludes halogenated alkanes) is 4. The van der Waals surface area contributed by atoms with Gasteiger partial charge in [0.2, 0.25) is 11.8 Å². The van der Waals surface area contributed by atoms with Gasteiger partial charge in [-0.2, -0.15) is 0 Å². The van der Waals surface area contributed by atoms with Crippen LogP contribution in [0.2, 0.25) is 0 Å². The van der Waals surface area contributed by atoms with E-state index in [9.17, 15) is 9.59 Å². The summed E-state index contributed by atoms with van der Waals surface area (Å²) < 4.78 is 0. The van der Waals surface area contributed by atoms with Gasteiger partial charge in [0.15, 0.2) is 0 Å². The number of nitrogens with zero attached hydrogens (tertiary/aromatic N) is 2. The Hall–Kier alpha value is -1.88. The Bertz CT molecular complexity index is 713. The Morgan fingerprint density at radius 1 is 0.906 bits per heavy atom. The maximum absolute atomic E-state index is 13.2. The number of aryl methyl sites for hydroxylation is 1. The Balaban J connectivity index is 1.43. The predicted molar refractivity (Wildman–Crippen MR) is 130 cm³/mol. The van der Waals surface area contributed by atoms with Crippen molar-refractivity contribution in [1.82, 2.24) is 15.1 Å². The second kappa shape index (κ2) is 12.4. The highest BCUT2D eigenvalue weighted by atomic mass is 16.2. The molecule has 0 unspecified atom stereocenters. The quantitative estimate of drug-likeness (QED) is 0.484. The molecule has 0 aliphatic carbocycles. The number of carbonyl (C=O) groups is 2. The number of amides is 2. The molecule has 5 heteroatoms. The number of hydrogen-bond donors (Lipinski definition) is 1. The zero-order chi connectivity index (χ0) is 22.8. The molecule has 2 heterocycles. The van der Waals surface area contributed by atoms with Gasteiger partial charge >= 0.3 is 0 Å². The van der Waals surface area contributed by atoms with E-state index in [0.717, 1.165) is 58.2 Å². The molecule has 5 nitrogen and oxygen atoms in total. The molecule has 2 fully saturated rings. The van der Waals surface area contributed by atoms with Crippen molar-refractivity contribution in [2.24, 2.45) is 0 Å². The molecular weight excluding hydrogens is 398 g/mol. The van der Waals surface area contributed by atoms with Crippen molar-refractivity contribution in [3.8, 4) is 0 Å². The molecule has 2 saturated heterocycles. The minimum absolute atomic E-state index is 0.0900. The van der Waals surface area contributed by atoms with E-state index in [0.29, 0.717) is 6.54 Å². The first-order valence-corrected chi connectivity index (χ1v) is 13.0. The highest BCUT2D eigenvalue weighted by Crippen LogP contribution is 2.34. The molecule has 0 bridgehead atoms. The van der Waals surface area contributed by atoms with Gasteiger partial charge in [0.25, 0.3) is 0 Å². The van der Waals surface area contributed by atoms with Crippen molar-refractivity contribution in [1.29, 1.82) is 0 Å². The van der Waals surface area contributed by atoms with Gasteiger partial charge in [0.05, 0.1) is 0 Å². The van der Waals surface area contributed by atoms with Gasteiger partial charge in [-0.3, -0.25) is 9.59 Å². The summed E-state index contributed by atoms with van der Waals surface area (Å²) in [6.45, 7) is 7.83. The number of hydrogen-bond acceptors (Lipinski definition) is 3. The van der Waals surface area contributed by atoms with Gasteiger partial charge in [-0.15, -0.1) is 0 Å². The summed E-state index contributed by atoms with van der Waals surface area (Å²) in [7, 11) is 0. The first-order chi connectivity index (χ1) is 15.6. The van der Waals surface area contributed by atoms with Crippen molar-refractivity contribution < 1.29 is 9.59 Å². The summed E-state index contributed by atoms with van der Waals surface area (Å²) in [5.74, 6) is 0.235. The number of carbonyl (C=O) groups excluding carboxylic acids is 2. The molecule has 0 radical (unpaired) electrons. The fraction of sp³-hybridized carbons (Fsp3) is 0.704. The number of rotatable bonds is 12. The number of likely N-dealkylation sites (tertiary alicyclic amines) is 1. The molecule has 178 valence electrons. The third-order valence-electron chi connectivity index (χ3n) is 7.32. The van der Waals surface area contributed by atoms with Crippen LogP contribution in [-0.4, -0.2) is 59.4 Å². The first kappa shape index (κ1) is 24.8. The molecule has 32 heavy (non-hydrogen) atoms. The number of piperazine rings is 1. The molecule has 2 aliphatic heterocycles. The predicted octanol–water partition coefficient (Wildman–Crippen LogP) is 4.55. The summed E-state index contributed by atoms with van der Waals surface area (Å²) in [6.07, 6.45) is 11.4. The monoisotopic (exact) mass is 441 g/mol. The number of piperidine rings is 1. The third kappa shape index (κ3) is 6.12. The van der Waals surface area contributed by atoms with Crippen LogP contribution in [0.5, 0.6) is 0 Å². The largest absolute Gasteiger partial charge is 0.342 e. The standard InChI is InChI=1S/C27H43N3O2/c1-3-5-16-24-25(31)30(19-4-2)27(26(32)28-24)17-21-29(22-18-27)20-12-7-6-9-13-23-14-10-8-11-15-23/h8,10-11,14-15,24H,3-7,9,12-13,16-22H2,1-2H3,(H,28,32)/t24-/m1/s1. The fourth-order valence-electron chi connectivity index (χ4n) is 5.33. The van der Waals surface area contributed by atoms with E-state index in [-0.39, 0.29) is 17.9 Å². The van der Waals surface area contributed by atoms with Crippen molar-refractivity contribution in [3.63, 3.8) is 0 Å². The van der Waals surface area contributed by atoms with E-state index >= 15 is 0 Å². The minimum atomic E-state index is -0.623. The molecule has 1 N–H and O–H groups in total. The van der Waals surface area contributed by atoms with Crippen molar-refractivity contribution in [3.05, 3.63) is 35.9 Å². The van der Waals surface area contributed by atoms with Crippen LogP contribution in [0.4, 0.5) is 0 Å². The van der Waals surface area contributed by atoms with Gasteiger partial charge in [0, 0.05) is 19.6 Å². The van der Waals surface area contributed by atoms with Crippen LogP contribution in [0.25, 0.3) is 0 Å². The highest BCUT2D eigenvalue weighted by Gasteiger charge is 2.52. The summed E-state index contributed by atoms with van der Waals surface area (Å²) in [4.78, 5) is 30.8. The van der Waals surface area contributed by atoms with Crippen molar-refractivity contribution in [2.75, 3.05) is 26.2 Å². The summed E-state index contributed by atoms with van der Waals surface area (Å²) in [6, 6.07) is 10.4. The molecule has 1 aromatic carbocycles. The lowest BCUT2D eigenvalue weighted by atomic mass is 9.81. The SMILES string of the molecule is CCCC[C@H]1NC(=O)C2(CCN(CCCCCCc3ccccc3)CC2)N(CCC)C1=O. The van der Waals surface area contributed by atoms with Gasteiger partial charge in [-0.1, -0.05) is 69.9 Å². The van der Waals surface area contributed by atoms with E-state index in [1.807, 2.05) is 4.90 Å². The first-order valence-electron chi connectivity index (χ1n) is 13.0. The Labute approximate surface area is 194 Å². The van der Waals surface area contributed by atoms with Crippen LogP contribution in [0.1, 0.15) is 83.6 Å². The highest BCUT2D eigenvalue weighted by molar-refractivity contribution is 6.00. The van der Waals surface area contributed by atoms with Gasteiger partial charge in [-0.05, 0) is 57.1 Å². The van der Waals surface area contributed by atoms with Crippen LogP contribution < -0.4 is 5.32 Å². The van der Waals surface area contributed by atoms with Crippen LogP contribution in [0.3, 0.4) is 0 Å². The van der Waals surface area contributed by atoms with Crippen LogP contribution in [0, 0.1) is 0 Å². The van der Waals surface area contributed by atoms with Gasteiger partial charge < -0.3 is 15.1 Å². The summed E-state index contributed by atoms with van der Waals surface area (Å²) in [5, 5.41) is 3.10. The molecule has 2 aliphatic rings. The van der Waals surface area contributed by atoms with Crippen molar-refractivity contribution >= 4 is 11.8 Å². The average Bonchev–Trinajstić information content (AvgIpc) is 2.82. The summed E-state index contributed by atoms with van der Waals surface area (Å²) >= 11 is 0. The van der Waals surface area contributed by atoms with Crippen LogP contribution in [-0.2, 0) is 16.0 Å². The average molecular weight is 442 g/mol. The molecule has 0 aromatic heterocycles. The van der Waals surface area contributed by atoms with Gasteiger partial charge in [-0.25, -0.2) is 0 Å². The Morgan fingerprint density at radius 2 is 1.62 bits per heavy atom. The van der Waals surface area contributed by atoms with Crippen LogP contribution in [0.15, 0.2) is 30.3 Å². The normalized spacial score (nSPS) is 21.2. The second-order valence-corrected chi connectivity index (χ2v) is 9.68. The minimum Gasteiger partial charge on any atom is -0.342 e. The molecular formula is C27H43N3O2. The topological polar surface area (TPSA) is 52.7 Å². The zero-order valence-corrected chi connectivity index (χ0v) is 20.3. The van der Waals surface area contributed by atoms with E-state index in [1.54, 1.807) is 0 Å². The lowest BCUT2D eigenvalue weighted by molar-refractivity contribution is -0.161. The summed E-state index contributed by atoms with van der Waals surface area (Å²) in [5.41, 5.74) is 0.810. The van der Waals surface area contributed by atoms with Crippen molar-refractivity contribution in [2.45, 2.75) is 96.1 Å². The van der Waals surface area contributed by atoms with E-state index in [4.69, 9.17) is 0 Å². The Kier molecular flexibility index (Phi) is 9.58. The second-order valence-electron chi connectivity index (χ2n) is 9.68. The van der Waals surface area contributed by atoms with Crippen LogP contribution >= 0.6 is 0 Å². The molecule has 3 rings (SSSR count). The smallest absolute Gasteiger partial charge is 0.246 e. The third-order valence-corrected chi connectivity index (χ3v) is 7.32. The maximum Gasteiger partial charge on any atom is 0.246 e. The van der Waals surface area contributed by atoms with E-state index < -0.39 is 5.54 Å². The lowest BCUT2D eigenvalue weighted by Gasteiger charge is -2.51. The molecule has 0 saturated carbocycles. The fourth-order valence-corrected chi connectivity index (χ4v) is 5.33. The van der Waals surface area contributed by atoms with E-state index in [1.165, 1.54) is 37.7 Å². The number of nitrogens with one attached hydrogen (secondary N) is 1. The van der Waals surface area contributed by atoms with Gasteiger partial charge in [0.1, 0.15) is 11.6 Å². The number of benzene rings is 1. The molecule has 1 spiro atoms. The molecule has 2 amide bonds. The molecule has 1 aromatic rings. The maximum atomic E-state index is 13.2. The Morgan fingerprint density at radius 3 is 2.31 bits per heavy atom. The van der Waals surface area contributed by atoms with E-state index in [2.05, 4.69) is 54.4 Å². The molecule has 1 atom stereocenters. The lowest BCUT2D eigenvalue weighted by Crippen LogP contribution is -2.72.